The van der Waals surface area contributed by atoms with Crippen LogP contribution in [-0.2, 0) is 13.1 Å². The van der Waals surface area contributed by atoms with E-state index in [4.69, 9.17) is 4.74 Å². The second-order valence-electron chi connectivity index (χ2n) is 5.98. The van der Waals surface area contributed by atoms with Crippen LogP contribution in [0.25, 0.3) is 10.9 Å². The van der Waals surface area contributed by atoms with Crippen molar-refractivity contribution in [2.45, 2.75) is 20.0 Å². The molecule has 2 aromatic carbocycles. The Morgan fingerprint density at radius 2 is 1.88 bits per heavy atom. The number of para-hydroxylation sites is 1. The van der Waals surface area contributed by atoms with E-state index >= 15 is 0 Å². The first-order valence-electron chi connectivity index (χ1n) is 8.34. The van der Waals surface area contributed by atoms with Crippen molar-refractivity contribution in [1.29, 1.82) is 0 Å². The molecular formula is C20H24N4O. The zero-order chi connectivity index (χ0) is 17.6. The van der Waals surface area contributed by atoms with Crippen molar-refractivity contribution < 1.29 is 4.74 Å². The third kappa shape index (κ3) is 4.12. The molecule has 0 aliphatic heterocycles. The van der Waals surface area contributed by atoms with Crippen LogP contribution in [0.15, 0.2) is 53.5 Å². The SMILES string of the molecule is CN=C(NCc1cc2ccccc2[nH]1)NCc1ccc(C)cc1OC. The first-order valence-corrected chi connectivity index (χ1v) is 8.34. The Labute approximate surface area is 148 Å². The highest BCUT2D eigenvalue weighted by atomic mass is 16.5. The van der Waals surface area contributed by atoms with Crippen molar-refractivity contribution in [2.75, 3.05) is 14.2 Å². The van der Waals surface area contributed by atoms with E-state index < -0.39 is 0 Å². The first kappa shape index (κ1) is 16.9. The zero-order valence-electron chi connectivity index (χ0n) is 14.9. The lowest BCUT2D eigenvalue weighted by molar-refractivity contribution is 0.408. The molecule has 0 fully saturated rings. The third-order valence-corrected chi connectivity index (χ3v) is 4.14. The van der Waals surface area contributed by atoms with Gasteiger partial charge in [-0.1, -0.05) is 30.3 Å². The first-order chi connectivity index (χ1) is 12.2. The number of benzene rings is 2. The monoisotopic (exact) mass is 336 g/mol. The maximum atomic E-state index is 5.45. The average molecular weight is 336 g/mol. The molecule has 0 aliphatic carbocycles. The fraction of sp³-hybridized carbons (Fsp3) is 0.250. The highest BCUT2D eigenvalue weighted by Gasteiger charge is 2.05. The van der Waals surface area contributed by atoms with E-state index in [1.54, 1.807) is 14.2 Å². The molecule has 0 atom stereocenters. The smallest absolute Gasteiger partial charge is 0.191 e. The van der Waals surface area contributed by atoms with Gasteiger partial charge >= 0.3 is 0 Å². The molecule has 1 heterocycles. The summed E-state index contributed by atoms with van der Waals surface area (Å²) in [5.41, 5.74) is 4.55. The minimum Gasteiger partial charge on any atom is -0.496 e. The van der Waals surface area contributed by atoms with Gasteiger partial charge < -0.3 is 20.4 Å². The van der Waals surface area contributed by atoms with Gasteiger partial charge in [0.1, 0.15) is 5.75 Å². The molecule has 5 heteroatoms. The van der Waals surface area contributed by atoms with Crippen LogP contribution in [0, 0.1) is 6.92 Å². The molecule has 3 aromatic rings. The zero-order valence-corrected chi connectivity index (χ0v) is 14.9. The van der Waals surface area contributed by atoms with Crippen molar-refractivity contribution in [3.8, 4) is 5.75 Å². The molecule has 0 amide bonds. The van der Waals surface area contributed by atoms with Gasteiger partial charge in [-0.25, -0.2) is 0 Å². The summed E-state index contributed by atoms with van der Waals surface area (Å²) in [5, 5.41) is 7.88. The molecule has 0 radical (unpaired) electrons. The maximum absolute atomic E-state index is 5.45. The van der Waals surface area contributed by atoms with Crippen molar-refractivity contribution in [3.63, 3.8) is 0 Å². The minimum atomic E-state index is 0.649. The van der Waals surface area contributed by atoms with E-state index in [-0.39, 0.29) is 0 Å². The van der Waals surface area contributed by atoms with Crippen molar-refractivity contribution >= 4 is 16.9 Å². The molecule has 0 unspecified atom stereocenters. The predicted octanol–water partition coefficient (Wildman–Crippen LogP) is 3.35. The lowest BCUT2D eigenvalue weighted by Crippen LogP contribution is -2.36. The van der Waals surface area contributed by atoms with E-state index in [1.165, 1.54) is 10.9 Å². The number of hydrogen-bond acceptors (Lipinski definition) is 2. The molecule has 0 aliphatic rings. The van der Waals surface area contributed by atoms with Gasteiger partial charge in [0.2, 0.25) is 0 Å². The molecule has 1 aromatic heterocycles. The second-order valence-corrected chi connectivity index (χ2v) is 5.98. The molecule has 0 saturated heterocycles. The van der Waals surface area contributed by atoms with E-state index in [1.807, 2.05) is 18.2 Å². The molecule has 0 spiro atoms. The molecule has 130 valence electrons. The van der Waals surface area contributed by atoms with E-state index in [9.17, 15) is 0 Å². The Morgan fingerprint density at radius 1 is 1.08 bits per heavy atom. The van der Waals surface area contributed by atoms with Gasteiger partial charge in [-0.15, -0.1) is 0 Å². The molecular weight excluding hydrogens is 312 g/mol. The summed E-state index contributed by atoms with van der Waals surface area (Å²) >= 11 is 0. The van der Waals surface area contributed by atoms with Gasteiger partial charge in [-0.3, -0.25) is 4.99 Å². The molecule has 5 nitrogen and oxygen atoms in total. The largest absolute Gasteiger partial charge is 0.496 e. The number of nitrogens with one attached hydrogen (secondary N) is 3. The Bertz CT molecular complexity index is 849. The summed E-state index contributed by atoms with van der Waals surface area (Å²) in [6.07, 6.45) is 0. The Kier molecular flexibility index (Phi) is 5.23. The quantitative estimate of drug-likeness (QED) is 0.495. The Morgan fingerprint density at radius 3 is 2.64 bits per heavy atom. The van der Waals surface area contributed by atoms with Crippen LogP contribution in [-0.4, -0.2) is 25.1 Å². The van der Waals surface area contributed by atoms with Crippen LogP contribution in [0.1, 0.15) is 16.8 Å². The lowest BCUT2D eigenvalue weighted by atomic mass is 10.1. The topological polar surface area (TPSA) is 61.4 Å². The second kappa shape index (κ2) is 7.75. The minimum absolute atomic E-state index is 0.649. The van der Waals surface area contributed by atoms with E-state index in [0.29, 0.717) is 13.1 Å². The van der Waals surface area contributed by atoms with Gasteiger partial charge in [-0.2, -0.15) is 0 Å². The number of aliphatic imine (C=N–C) groups is 1. The summed E-state index contributed by atoms with van der Waals surface area (Å²) in [7, 11) is 3.47. The number of guanidine groups is 1. The number of aromatic nitrogens is 1. The summed E-state index contributed by atoms with van der Waals surface area (Å²) < 4.78 is 5.45. The Hall–Kier alpha value is -2.95. The van der Waals surface area contributed by atoms with Crippen molar-refractivity contribution in [2.24, 2.45) is 4.99 Å². The number of ether oxygens (including phenoxy) is 1. The predicted molar refractivity (Wildman–Crippen MR) is 103 cm³/mol. The van der Waals surface area contributed by atoms with Gasteiger partial charge in [0, 0.05) is 30.4 Å². The number of methoxy groups -OCH3 is 1. The van der Waals surface area contributed by atoms with Gasteiger partial charge in [-0.05, 0) is 36.1 Å². The van der Waals surface area contributed by atoms with Gasteiger partial charge in [0.25, 0.3) is 0 Å². The summed E-state index contributed by atoms with van der Waals surface area (Å²) in [5.74, 6) is 1.64. The highest BCUT2D eigenvalue weighted by Crippen LogP contribution is 2.19. The number of hydrogen-bond donors (Lipinski definition) is 3. The number of fused-ring (bicyclic) bond motifs is 1. The summed E-state index contributed by atoms with van der Waals surface area (Å²) in [4.78, 5) is 7.69. The fourth-order valence-electron chi connectivity index (χ4n) is 2.81. The average Bonchev–Trinajstić information content (AvgIpc) is 3.05. The molecule has 3 N–H and O–H groups in total. The van der Waals surface area contributed by atoms with Crippen LogP contribution < -0.4 is 15.4 Å². The standard InChI is InChI=1S/C20H24N4O/c1-14-8-9-16(19(10-14)25-3)12-22-20(21-2)23-13-17-11-15-6-4-5-7-18(15)24-17/h4-11,24H,12-13H2,1-3H3,(H2,21,22,23). The molecule has 0 bridgehead atoms. The third-order valence-electron chi connectivity index (χ3n) is 4.14. The molecule has 0 saturated carbocycles. The highest BCUT2D eigenvalue weighted by molar-refractivity contribution is 5.81. The summed E-state index contributed by atoms with van der Waals surface area (Å²) in [6, 6.07) is 16.6. The number of rotatable bonds is 5. The van der Waals surface area contributed by atoms with Gasteiger partial charge in [0.15, 0.2) is 5.96 Å². The van der Waals surface area contributed by atoms with Crippen LogP contribution in [0.5, 0.6) is 5.75 Å². The summed E-state index contributed by atoms with van der Waals surface area (Å²) in [6.45, 7) is 3.38. The van der Waals surface area contributed by atoms with E-state index in [2.05, 4.69) is 57.9 Å². The normalized spacial score (nSPS) is 11.6. The fourth-order valence-corrected chi connectivity index (χ4v) is 2.81. The van der Waals surface area contributed by atoms with Gasteiger partial charge in [0.05, 0.1) is 13.7 Å². The van der Waals surface area contributed by atoms with Crippen LogP contribution in [0.3, 0.4) is 0 Å². The lowest BCUT2D eigenvalue weighted by Gasteiger charge is -2.14. The van der Waals surface area contributed by atoms with Crippen LogP contribution in [0.2, 0.25) is 0 Å². The molecule has 3 rings (SSSR count). The van der Waals surface area contributed by atoms with Crippen molar-refractivity contribution in [3.05, 3.63) is 65.4 Å². The van der Waals surface area contributed by atoms with Crippen LogP contribution in [0.4, 0.5) is 0 Å². The number of nitrogens with zero attached hydrogens (tertiary/aromatic N) is 1. The number of aryl methyl sites for hydroxylation is 1. The number of aromatic amines is 1. The van der Waals surface area contributed by atoms with E-state index in [0.717, 1.165) is 28.5 Å². The number of H-pyrrole nitrogens is 1. The van der Waals surface area contributed by atoms with Crippen LogP contribution >= 0.6 is 0 Å². The molecule has 25 heavy (non-hydrogen) atoms. The maximum Gasteiger partial charge on any atom is 0.191 e. The Balaban J connectivity index is 1.60. The van der Waals surface area contributed by atoms with Crippen molar-refractivity contribution in [1.82, 2.24) is 15.6 Å².